The second-order valence-electron chi connectivity index (χ2n) is 9.85. The van der Waals surface area contributed by atoms with Crippen LogP contribution in [0.15, 0.2) is 0 Å². The molecule has 0 aliphatic carbocycles. The van der Waals surface area contributed by atoms with Crippen LogP contribution >= 0.6 is 0 Å². The summed E-state index contributed by atoms with van der Waals surface area (Å²) >= 11 is 0. The summed E-state index contributed by atoms with van der Waals surface area (Å²) in [6, 6.07) is -0.196. The topological polar surface area (TPSA) is 59.0 Å². The molecule has 25 heavy (non-hydrogen) atoms. The van der Waals surface area contributed by atoms with E-state index in [1.165, 1.54) is 0 Å². The smallest absolute Gasteiger partial charge is 0.411 e. The Balaban J connectivity index is 3.06. The van der Waals surface area contributed by atoms with Crippen LogP contribution in [0.5, 0.6) is 0 Å². The molecule has 0 bridgehead atoms. The van der Waals surface area contributed by atoms with Crippen molar-refractivity contribution in [3.8, 4) is 0 Å². The van der Waals surface area contributed by atoms with Gasteiger partial charge < -0.3 is 14.3 Å². The van der Waals surface area contributed by atoms with E-state index in [4.69, 9.17) is 9.16 Å². The Morgan fingerprint density at radius 1 is 1.24 bits per heavy atom. The van der Waals surface area contributed by atoms with Gasteiger partial charge in [0.2, 0.25) is 0 Å². The van der Waals surface area contributed by atoms with E-state index in [2.05, 4.69) is 40.8 Å². The molecule has 6 heteroatoms. The number of carbonyl (C=O) groups is 1. The van der Waals surface area contributed by atoms with Crippen LogP contribution in [0.2, 0.25) is 18.1 Å². The van der Waals surface area contributed by atoms with E-state index < -0.39 is 19.5 Å². The Bertz CT molecular complexity index is 467. The zero-order valence-electron chi connectivity index (χ0n) is 17.7. The van der Waals surface area contributed by atoms with Crippen LogP contribution in [0.4, 0.5) is 4.79 Å². The van der Waals surface area contributed by atoms with Gasteiger partial charge in [-0.25, -0.2) is 4.79 Å². The number of likely N-dealkylation sites (tertiary alicyclic amines) is 1. The van der Waals surface area contributed by atoms with Crippen LogP contribution in [0.3, 0.4) is 0 Å². The van der Waals surface area contributed by atoms with Gasteiger partial charge in [0.1, 0.15) is 5.60 Å². The van der Waals surface area contributed by atoms with Crippen molar-refractivity contribution in [2.75, 3.05) is 13.2 Å². The van der Waals surface area contributed by atoms with Gasteiger partial charge >= 0.3 is 6.09 Å². The zero-order chi connectivity index (χ0) is 19.7. The van der Waals surface area contributed by atoms with Crippen LogP contribution in [0, 0.1) is 0 Å². The van der Waals surface area contributed by atoms with Gasteiger partial charge in [0.25, 0.3) is 0 Å². The molecular formula is C19H39NO4Si. The zero-order valence-corrected chi connectivity index (χ0v) is 18.7. The lowest BCUT2D eigenvalue weighted by molar-refractivity contribution is -0.0214. The molecule has 2 atom stereocenters. The van der Waals surface area contributed by atoms with Crippen molar-refractivity contribution in [2.45, 2.75) is 103 Å². The fourth-order valence-corrected chi connectivity index (χ4v) is 4.08. The van der Waals surface area contributed by atoms with Crippen molar-refractivity contribution < 1.29 is 19.1 Å². The Morgan fingerprint density at radius 3 is 2.20 bits per heavy atom. The number of aliphatic hydroxyl groups excluding tert-OH is 1. The van der Waals surface area contributed by atoms with Crippen LogP contribution in [0.1, 0.15) is 67.7 Å². The van der Waals surface area contributed by atoms with Gasteiger partial charge in [-0.05, 0) is 58.2 Å². The minimum atomic E-state index is -1.92. The molecule has 1 saturated heterocycles. The van der Waals surface area contributed by atoms with E-state index in [9.17, 15) is 9.90 Å². The quantitative estimate of drug-likeness (QED) is 0.718. The van der Waals surface area contributed by atoms with Gasteiger partial charge in [-0.3, -0.25) is 4.90 Å². The first kappa shape index (κ1) is 22.4. The lowest BCUT2D eigenvalue weighted by Gasteiger charge is -2.44. The molecular weight excluding hydrogens is 334 g/mol. The minimum Gasteiger partial charge on any atom is -0.444 e. The fourth-order valence-electron chi connectivity index (χ4n) is 3.02. The van der Waals surface area contributed by atoms with Crippen molar-refractivity contribution in [2.24, 2.45) is 0 Å². The van der Waals surface area contributed by atoms with Crippen LogP contribution < -0.4 is 0 Å². The molecule has 1 aliphatic rings. The maximum Gasteiger partial charge on any atom is 0.411 e. The molecule has 0 aromatic rings. The standard InChI is InChI=1S/C19H39NO4Si/c1-10-19(14-23-25(8,9)18(5,6)7)12-11-15(13-21)20(19)16(22)24-17(2,3)4/h15,21H,10-14H2,1-9H3. The molecule has 0 aromatic heterocycles. The van der Waals surface area contributed by atoms with Gasteiger partial charge in [0, 0.05) is 0 Å². The third kappa shape index (κ3) is 5.20. The summed E-state index contributed by atoms with van der Waals surface area (Å²) in [7, 11) is -1.92. The number of rotatable bonds is 5. The number of hydrogen-bond acceptors (Lipinski definition) is 4. The number of aliphatic hydroxyl groups is 1. The molecule has 0 spiro atoms. The highest BCUT2D eigenvalue weighted by Gasteiger charge is 2.50. The van der Waals surface area contributed by atoms with E-state index in [1.54, 1.807) is 4.90 Å². The monoisotopic (exact) mass is 373 g/mol. The van der Waals surface area contributed by atoms with Gasteiger partial charge in [-0.15, -0.1) is 0 Å². The number of nitrogens with zero attached hydrogens (tertiary/aromatic N) is 1. The molecule has 1 rings (SSSR count). The van der Waals surface area contributed by atoms with Gasteiger partial charge in [-0.1, -0.05) is 27.7 Å². The number of hydrogen-bond donors (Lipinski definition) is 1. The van der Waals surface area contributed by atoms with Crippen molar-refractivity contribution in [1.29, 1.82) is 0 Å². The fraction of sp³-hybridized carbons (Fsp3) is 0.947. The highest BCUT2D eigenvalue weighted by atomic mass is 28.4. The average molecular weight is 374 g/mol. The Labute approximate surface area is 155 Å². The van der Waals surface area contributed by atoms with Gasteiger partial charge in [-0.2, -0.15) is 0 Å². The molecule has 0 aromatic carbocycles. The average Bonchev–Trinajstić information content (AvgIpc) is 2.81. The molecule has 0 radical (unpaired) electrons. The van der Waals surface area contributed by atoms with E-state index in [1.807, 2.05) is 20.8 Å². The van der Waals surface area contributed by atoms with Crippen LogP contribution in [-0.2, 0) is 9.16 Å². The first-order chi connectivity index (χ1) is 11.2. The molecule has 1 aliphatic heterocycles. The maximum atomic E-state index is 12.9. The second-order valence-corrected chi connectivity index (χ2v) is 14.7. The third-order valence-electron chi connectivity index (χ3n) is 5.79. The van der Waals surface area contributed by atoms with Crippen molar-refractivity contribution in [3.63, 3.8) is 0 Å². The SMILES string of the molecule is CCC1(CO[Si](C)(C)C(C)(C)C)CCC(CO)N1C(=O)OC(C)(C)C. The molecule has 5 nitrogen and oxygen atoms in total. The third-order valence-corrected chi connectivity index (χ3v) is 10.3. The number of carbonyl (C=O) groups excluding carboxylic acids is 1. The molecule has 2 unspecified atom stereocenters. The van der Waals surface area contributed by atoms with Crippen molar-refractivity contribution in [1.82, 2.24) is 4.90 Å². The second kappa shape index (κ2) is 7.57. The maximum absolute atomic E-state index is 12.9. The Hall–Kier alpha value is -0.593. The van der Waals surface area contributed by atoms with Gasteiger partial charge in [0.05, 0.1) is 24.8 Å². The Kier molecular flexibility index (Phi) is 6.80. The lowest BCUT2D eigenvalue weighted by Crippen LogP contribution is -2.57. The van der Waals surface area contributed by atoms with Gasteiger partial charge in [0.15, 0.2) is 8.32 Å². The Morgan fingerprint density at radius 2 is 1.80 bits per heavy atom. The predicted octanol–water partition coefficient (Wildman–Crippen LogP) is 4.55. The largest absolute Gasteiger partial charge is 0.444 e. The molecule has 1 heterocycles. The molecule has 1 N–H and O–H groups in total. The molecule has 0 saturated carbocycles. The summed E-state index contributed by atoms with van der Waals surface area (Å²) in [6.07, 6.45) is 2.06. The van der Waals surface area contributed by atoms with Crippen LogP contribution in [0.25, 0.3) is 0 Å². The number of ether oxygens (including phenoxy) is 1. The molecule has 148 valence electrons. The molecule has 1 amide bonds. The summed E-state index contributed by atoms with van der Waals surface area (Å²) in [5.74, 6) is 0. The van der Waals surface area contributed by atoms with E-state index in [-0.39, 0.29) is 23.8 Å². The summed E-state index contributed by atoms with van der Waals surface area (Å²) in [5, 5.41) is 9.91. The number of amides is 1. The van der Waals surface area contributed by atoms with E-state index in [0.717, 1.165) is 19.3 Å². The first-order valence-corrected chi connectivity index (χ1v) is 12.4. The summed E-state index contributed by atoms with van der Waals surface area (Å²) < 4.78 is 12.1. The highest BCUT2D eigenvalue weighted by Crippen LogP contribution is 2.42. The van der Waals surface area contributed by atoms with Crippen molar-refractivity contribution >= 4 is 14.4 Å². The lowest BCUT2D eigenvalue weighted by atomic mass is 9.94. The summed E-state index contributed by atoms with van der Waals surface area (Å²) in [4.78, 5) is 14.6. The highest BCUT2D eigenvalue weighted by molar-refractivity contribution is 6.74. The van der Waals surface area contributed by atoms with E-state index in [0.29, 0.717) is 6.61 Å². The van der Waals surface area contributed by atoms with Crippen molar-refractivity contribution in [3.05, 3.63) is 0 Å². The van der Waals surface area contributed by atoms with E-state index >= 15 is 0 Å². The first-order valence-electron chi connectivity index (χ1n) is 9.46. The summed E-state index contributed by atoms with van der Waals surface area (Å²) in [6.45, 7) is 19.3. The van der Waals surface area contributed by atoms with Crippen LogP contribution in [-0.4, -0.2) is 54.8 Å². The predicted molar refractivity (Wildman–Crippen MR) is 104 cm³/mol. The normalized spacial score (nSPS) is 25.4. The molecule has 1 fully saturated rings. The minimum absolute atomic E-state index is 0.0406. The summed E-state index contributed by atoms with van der Waals surface area (Å²) in [5.41, 5.74) is -0.954.